The number of amides is 2. The minimum absolute atomic E-state index is 0.105. The van der Waals surface area contributed by atoms with E-state index in [-0.39, 0.29) is 23.9 Å². The predicted molar refractivity (Wildman–Crippen MR) is 124 cm³/mol. The van der Waals surface area contributed by atoms with E-state index in [2.05, 4.69) is 23.3 Å². The molecule has 0 unspecified atom stereocenters. The number of hydrogen-bond donors (Lipinski definition) is 1. The van der Waals surface area contributed by atoms with Gasteiger partial charge >= 0.3 is 12.0 Å². The SMILES string of the molecule is CCCCc1ccc(C#N)c(SCC(=O)OC2CCN(C(=O)Nc3ccccc3)CC2)n1. The monoisotopic (exact) mass is 452 g/mol. The molecule has 0 atom stereocenters. The second-order valence-corrected chi connectivity index (χ2v) is 8.60. The minimum Gasteiger partial charge on any atom is -0.462 e. The first-order valence-electron chi connectivity index (χ1n) is 10.9. The van der Waals surface area contributed by atoms with E-state index in [1.54, 1.807) is 11.0 Å². The lowest BCUT2D eigenvalue weighted by Gasteiger charge is -2.31. The van der Waals surface area contributed by atoms with Crippen LogP contribution in [0.2, 0.25) is 0 Å². The number of carbonyl (C=O) groups is 2. The molecule has 7 nitrogen and oxygen atoms in total. The highest BCUT2D eigenvalue weighted by atomic mass is 32.2. The average molecular weight is 453 g/mol. The fourth-order valence-corrected chi connectivity index (χ4v) is 4.19. The van der Waals surface area contributed by atoms with E-state index in [1.165, 1.54) is 11.8 Å². The zero-order chi connectivity index (χ0) is 22.8. The highest BCUT2D eigenvalue weighted by Crippen LogP contribution is 2.23. The predicted octanol–water partition coefficient (Wildman–Crippen LogP) is 4.63. The van der Waals surface area contributed by atoms with Gasteiger partial charge in [0.2, 0.25) is 0 Å². The maximum Gasteiger partial charge on any atom is 0.321 e. The van der Waals surface area contributed by atoms with E-state index in [4.69, 9.17) is 4.74 Å². The van der Waals surface area contributed by atoms with Crippen LogP contribution in [0.3, 0.4) is 0 Å². The summed E-state index contributed by atoms with van der Waals surface area (Å²) >= 11 is 1.24. The number of rotatable bonds is 8. The van der Waals surface area contributed by atoms with Crippen LogP contribution in [-0.4, -0.2) is 46.8 Å². The average Bonchev–Trinajstić information content (AvgIpc) is 2.82. The molecular weight excluding hydrogens is 424 g/mol. The van der Waals surface area contributed by atoms with Crippen LogP contribution in [0.25, 0.3) is 0 Å². The Morgan fingerprint density at radius 3 is 2.66 bits per heavy atom. The number of nitrogens with zero attached hydrogens (tertiary/aromatic N) is 3. The number of nitrogens with one attached hydrogen (secondary N) is 1. The van der Waals surface area contributed by atoms with Gasteiger partial charge in [0, 0.05) is 37.3 Å². The van der Waals surface area contributed by atoms with Gasteiger partial charge in [-0.2, -0.15) is 5.26 Å². The van der Waals surface area contributed by atoms with Crippen LogP contribution in [0.15, 0.2) is 47.5 Å². The van der Waals surface area contributed by atoms with Crippen molar-refractivity contribution in [2.45, 2.75) is 50.2 Å². The molecule has 2 aromatic rings. The summed E-state index contributed by atoms with van der Waals surface area (Å²) in [7, 11) is 0. The molecule has 1 aromatic carbocycles. The molecule has 3 rings (SSSR count). The van der Waals surface area contributed by atoms with Gasteiger partial charge in [-0.25, -0.2) is 9.78 Å². The third-order valence-electron chi connectivity index (χ3n) is 5.20. The molecule has 2 amide bonds. The normalized spacial score (nSPS) is 13.9. The number of thioether (sulfide) groups is 1. The number of anilines is 1. The summed E-state index contributed by atoms with van der Waals surface area (Å²) in [5, 5.41) is 12.8. The number of benzene rings is 1. The number of pyridine rings is 1. The molecule has 0 saturated carbocycles. The van der Waals surface area contributed by atoms with Crippen LogP contribution in [0, 0.1) is 11.3 Å². The van der Waals surface area contributed by atoms with E-state index in [9.17, 15) is 14.9 Å². The van der Waals surface area contributed by atoms with Gasteiger partial charge in [0.05, 0.1) is 11.3 Å². The van der Waals surface area contributed by atoms with Gasteiger partial charge in [-0.15, -0.1) is 0 Å². The summed E-state index contributed by atoms with van der Waals surface area (Å²) < 4.78 is 5.60. The van der Waals surface area contributed by atoms with Crippen molar-refractivity contribution in [2.75, 3.05) is 24.2 Å². The van der Waals surface area contributed by atoms with Crippen molar-refractivity contribution >= 4 is 29.4 Å². The fraction of sp³-hybridized carbons (Fsp3) is 0.417. The number of nitriles is 1. The zero-order valence-corrected chi connectivity index (χ0v) is 19.1. The first-order chi connectivity index (χ1) is 15.6. The Kier molecular flexibility index (Phi) is 8.93. The number of ether oxygens (including phenoxy) is 1. The van der Waals surface area contributed by atoms with Gasteiger partial charge in [0.1, 0.15) is 17.2 Å². The van der Waals surface area contributed by atoms with Crippen molar-refractivity contribution in [1.82, 2.24) is 9.88 Å². The number of para-hydroxylation sites is 1. The molecule has 1 fully saturated rings. The lowest BCUT2D eigenvalue weighted by Crippen LogP contribution is -2.43. The summed E-state index contributed by atoms with van der Waals surface area (Å²) in [4.78, 5) is 31.0. The number of esters is 1. The number of likely N-dealkylation sites (tertiary alicyclic amines) is 1. The highest BCUT2D eigenvalue weighted by molar-refractivity contribution is 7.99. The fourth-order valence-electron chi connectivity index (χ4n) is 3.42. The molecule has 32 heavy (non-hydrogen) atoms. The topological polar surface area (TPSA) is 95.3 Å². The Hall–Kier alpha value is -3.05. The molecule has 0 spiro atoms. The number of unbranched alkanes of at least 4 members (excludes halogenated alkanes) is 1. The van der Waals surface area contributed by atoms with E-state index in [0.29, 0.717) is 36.5 Å². The van der Waals surface area contributed by atoms with Crippen molar-refractivity contribution in [2.24, 2.45) is 0 Å². The summed E-state index contributed by atoms with van der Waals surface area (Å²) in [6.07, 6.45) is 3.97. The Morgan fingerprint density at radius 1 is 1.22 bits per heavy atom. The van der Waals surface area contributed by atoms with Crippen LogP contribution in [0.5, 0.6) is 0 Å². The van der Waals surface area contributed by atoms with Gasteiger partial charge in [-0.05, 0) is 37.1 Å². The minimum atomic E-state index is -0.327. The van der Waals surface area contributed by atoms with Gasteiger partial charge in [-0.1, -0.05) is 43.3 Å². The van der Waals surface area contributed by atoms with Gasteiger partial charge in [0.25, 0.3) is 0 Å². The third kappa shape index (κ3) is 6.99. The maximum atomic E-state index is 12.4. The number of urea groups is 1. The number of hydrogen-bond acceptors (Lipinski definition) is 6. The van der Waals surface area contributed by atoms with Crippen LogP contribution in [0.4, 0.5) is 10.5 Å². The van der Waals surface area contributed by atoms with Crippen molar-refractivity contribution < 1.29 is 14.3 Å². The second-order valence-electron chi connectivity index (χ2n) is 7.63. The lowest BCUT2D eigenvalue weighted by molar-refractivity contribution is -0.147. The van der Waals surface area contributed by atoms with E-state index in [0.717, 1.165) is 30.6 Å². The summed E-state index contributed by atoms with van der Waals surface area (Å²) in [5.41, 5.74) is 2.16. The Morgan fingerprint density at radius 2 is 1.97 bits per heavy atom. The molecule has 0 bridgehead atoms. The van der Waals surface area contributed by atoms with Gasteiger partial charge < -0.3 is 15.0 Å². The standard InChI is InChI=1S/C24H28N4O3S/c1-2-3-7-20-11-10-18(16-25)23(26-20)32-17-22(29)31-21-12-14-28(15-13-21)24(30)27-19-8-5-4-6-9-19/h4-6,8-11,21H,2-3,7,12-15,17H2,1H3,(H,27,30). The first kappa shape index (κ1) is 23.6. The molecule has 1 saturated heterocycles. The number of carbonyl (C=O) groups excluding carboxylic acids is 2. The number of aryl methyl sites for hydroxylation is 1. The summed E-state index contributed by atoms with van der Waals surface area (Å²) in [6.45, 7) is 3.18. The van der Waals surface area contributed by atoms with Crippen LogP contribution in [-0.2, 0) is 16.0 Å². The van der Waals surface area contributed by atoms with E-state index >= 15 is 0 Å². The second kappa shape index (κ2) is 12.1. The third-order valence-corrected chi connectivity index (χ3v) is 6.17. The quantitative estimate of drug-likeness (QED) is 0.464. The molecule has 8 heteroatoms. The van der Waals surface area contributed by atoms with Gasteiger partial charge in [0.15, 0.2) is 0 Å². The molecule has 168 valence electrons. The molecule has 0 aliphatic carbocycles. The summed E-state index contributed by atoms with van der Waals surface area (Å²) in [6, 6.07) is 15.0. The first-order valence-corrected chi connectivity index (χ1v) is 11.9. The lowest BCUT2D eigenvalue weighted by atomic mass is 10.1. The van der Waals surface area contributed by atoms with Crippen molar-refractivity contribution in [3.8, 4) is 6.07 Å². The Balaban J connectivity index is 1.43. The Bertz CT molecular complexity index is 953. The Labute approximate surface area is 193 Å². The van der Waals surface area contributed by atoms with E-state index in [1.807, 2.05) is 36.4 Å². The largest absolute Gasteiger partial charge is 0.462 e. The highest BCUT2D eigenvalue weighted by Gasteiger charge is 2.25. The van der Waals surface area contributed by atoms with Crippen molar-refractivity contribution in [3.05, 3.63) is 53.7 Å². The molecule has 2 heterocycles. The molecule has 1 aromatic heterocycles. The van der Waals surface area contributed by atoms with E-state index < -0.39 is 0 Å². The van der Waals surface area contributed by atoms with Gasteiger partial charge in [-0.3, -0.25) is 4.79 Å². The smallest absolute Gasteiger partial charge is 0.321 e. The maximum absolute atomic E-state index is 12.4. The molecule has 1 aliphatic rings. The number of aromatic nitrogens is 1. The van der Waals surface area contributed by atoms with Crippen molar-refractivity contribution in [1.29, 1.82) is 5.26 Å². The number of piperidine rings is 1. The summed E-state index contributed by atoms with van der Waals surface area (Å²) in [5.74, 6) is -0.222. The van der Waals surface area contributed by atoms with Crippen LogP contribution in [0.1, 0.15) is 43.9 Å². The molecule has 1 N–H and O–H groups in total. The van der Waals surface area contributed by atoms with Crippen molar-refractivity contribution in [3.63, 3.8) is 0 Å². The van der Waals surface area contributed by atoms with Crippen LogP contribution >= 0.6 is 11.8 Å². The molecule has 0 radical (unpaired) electrons. The van der Waals surface area contributed by atoms with Crippen LogP contribution < -0.4 is 5.32 Å². The molecular formula is C24H28N4O3S. The zero-order valence-electron chi connectivity index (χ0n) is 18.3. The molecule has 1 aliphatic heterocycles.